The molecule has 0 bridgehead atoms. The van der Waals surface area contributed by atoms with Crippen molar-refractivity contribution in [1.29, 1.82) is 0 Å². The Hall–Kier alpha value is -4.52. The lowest BCUT2D eigenvalue weighted by atomic mass is 9.85. The fraction of sp³-hybridized carbons (Fsp3) is 0.485. The summed E-state index contributed by atoms with van der Waals surface area (Å²) >= 11 is 0. The molecule has 1 aliphatic heterocycles. The molecule has 2 aliphatic rings. The smallest absolute Gasteiger partial charge is 0.410 e. The van der Waals surface area contributed by atoms with E-state index >= 15 is 4.39 Å². The molecule has 13 heteroatoms. The zero-order chi connectivity index (χ0) is 32.0. The van der Waals surface area contributed by atoms with Gasteiger partial charge < -0.3 is 24.5 Å². The van der Waals surface area contributed by atoms with Crippen LogP contribution >= 0.6 is 0 Å². The number of nitrogen functional groups attached to an aromatic ring is 1. The van der Waals surface area contributed by atoms with Gasteiger partial charge in [0.1, 0.15) is 16.9 Å². The Morgan fingerprint density at radius 3 is 2.72 bits per heavy atom. The van der Waals surface area contributed by atoms with E-state index in [1.54, 1.807) is 27.7 Å². The van der Waals surface area contributed by atoms with Gasteiger partial charge in [0.15, 0.2) is 6.23 Å². The third-order valence-electron chi connectivity index (χ3n) is 8.65. The lowest BCUT2D eigenvalue weighted by Crippen LogP contribution is -2.40. The number of pyridine rings is 1. The van der Waals surface area contributed by atoms with E-state index in [2.05, 4.69) is 15.4 Å². The highest BCUT2D eigenvalue weighted by Crippen LogP contribution is 2.35. The van der Waals surface area contributed by atoms with Crippen molar-refractivity contribution in [1.82, 2.24) is 39.1 Å². The van der Waals surface area contributed by atoms with E-state index < -0.39 is 11.5 Å². The van der Waals surface area contributed by atoms with Crippen LogP contribution in [-0.4, -0.2) is 63.9 Å². The van der Waals surface area contributed by atoms with Gasteiger partial charge in [-0.25, -0.2) is 19.1 Å². The number of hydrogen-bond donors (Lipinski definition) is 1. The first-order valence-electron chi connectivity index (χ1n) is 16.0. The Kier molecular flexibility index (Phi) is 7.87. The number of nitrogens with two attached hydrogens (primary N) is 1. The molecule has 12 nitrogen and oxygen atoms in total. The molecule has 0 spiro atoms. The number of aromatic nitrogens is 7. The molecule has 1 unspecified atom stereocenters. The van der Waals surface area contributed by atoms with Crippen molar-refractivity contribution >= 4 is 28.3 Å². The number of halogens is 1. The number of carbonyl (C=O) groups is 1. The van der Waals surface area contributed by atoms with Crippen molar-refractivity contribution in [3.8, 4) is 11.3 Å². The number of ether oxygens (including phenoxy) is 2. The van der Waals surface area contributed by atoms with Crippen LogP contribution in [0.4, 0.5) is 14.9 Å². The van der Waals surface area contributed by atoms with Gasteiger partial charge in [-0.05, 0) is 82.6 Å². The molecule has 1 aromatic carbocycles. The molecule has 1 aliphatic carbocycles. The van der Waals surface area contributed by atoms with Crippen molar-refractivity contribution in [2.45, 2.75) is 84.2 Å². The van der Waals surface area contributed by atoms with Gasteiger partial charge >= 0.3 is 6.09 Å². The zero-order valence-electron chi connectivity index (χ0n) is 26.5. The maximum Gasteiger partial charge on any atom is 0.410 e. The largest absolute Gasteiger partial charge is 0.444 e. The average molecular weight is 630 g/mol. The average Bonchev–Trinajstić information content (AvgIpc) is 3.70. The monoisotopic (exact) mass is 629 g/mol. The predicted molar refractivity (Wildman–Crippen MR) is 170 cm³/mol. The summed E-state index contributed by atoms with van der Waals surface area (Å²) in [6.07, 6.45) is 11.3. The van der Waals surface area contributed by atoms with Crippen molar-refractivity contribution < 1.29 is 18.7 Å². The molecule has 1 amide bonds. The summed E-state index contributed by atoms with van der Waals surface area (Å²) in [5, 5.41) is 13.2. The number of imidazole rings is 1. The quantitative estimate of drug-likeness (QED) is 0.209. The maximum atomic E-state index is 15.3. The van der Waals surface area contributed by atoms with Crippen molar-refractivity contribution in [3.05, 3.63) is 60.1 Å². The molecule has 2 N–H and O–H groups in total. The van der Waals surface area contributed by atoms with Crippen molar-refractivity contribution in [2.24, 2.45) is 5.92 Å². The van der Waals surface area contributed by atoms with Gasteiger partial charge in [0.25, 0.3) is 0 Å². The van der Waals surface area contributed by atoms with E-state index in [0.29, 0.717) is 60.0 Å². The minimum atomic E-state index is -0.595. The van der Waals surface area contributed by atoms with Crippen LogP contribution in [0.15, 0.2) is 42.9 Å². The molecule has 7 rings (SSSR count). The second-order valence-corrected chi connectivity index (χ2v) is 13.5. The number of amides is 1. The molecule has 46 heavy (non-hydrogen) atoms. The highest BCUT2D eigenvalue weighted by atomic mass is 19.1. The summed E-state index contributed by atoms with van der Waals surface area (Å²) in [5.41, 5.74) is 10.3. The van der Waals surface area contributed by atoms with Gasteiger partial charge in [0.05, 0.1) is 35.9 Å². The Bertz CT molecular complexity index is 1880. The predicted octanol–water partition coefficient (Wildman–Crippen LogP) is 5.95. The fourth-order valence-electron chi connectivity index (χ4n) is 6.25. The number of carbonyl (C=O) groups excluding carboxylic acids is 1. The Balaban J connectivity index is 1.10. The second-order valence-electron chi connectivity index (χ2n) is 13.5. The number of rotatable bonds is 8. The first-order valence-corrected chi connectivity index (χ1v) is 16.0. The second kappa shape index (κ2) is 12.0. The van der Waals surface area contributed by atoms with Crippen LogP contribution in [0.1, 0.15) is 76.8 Å². The standard InChI is InChI=1S/C33H40FN9O3/c1-33(2,3)46-32(44)41(15-21-7-6-8-21)17-22-10-11-28-36-24(18-40(28)16-22)19-42-20-26(37-39-42)25-13-23(35)14-27-30(25)31(34)38-43(27)29-9-4-5-12-45-29/h10-11,13-14,16,18,20-21,29H,4-9,12,15,17,19,35H2,1-3H3. The van der Waals surface area contributed by atoms with Gasteiger partial charge in [-0.2, -0.15) is 4.39 Å². The van der Waals surface area contributed by atoms with E-state index in [1.165, 1.54) is 6.42 Å². The number of benzene rings is 1. The Labute approximate surface area is 266 Å². The van der Waals surface area contributed by atoms with Crippen LogP contribution in [0, 0.1) is 11.9 Å². The van der Waals surface area contributed by atoms with Gasteiger partial charge in [0.2, 0.25) is 5.95 Å². The Morgan fingerprint density at radius 1 is 1.13 bits per heavy atom. The van der Waals surface area contributed by atoms with Crippen LogP contribution in [0.2, 0.25) is 0 Å². The molecular formula is C33H40FN9O3. The number of fused-ring (bicyclic) bond motifs is 2. The molecule has 5 heterocycles. The topological polar surface area (TPSA) is 131 Å². The third-order valence-corrected chi connectivity index (χ3v) is 8.65. The van der Waals surface area contributed by atoms with Crippen LogP contribution in [0.5, 0.6) is 0 Å². The van der Waals surface area contributed by atoms with E-state index in [4.69, 9.17) is 20.2 Å². The van der Waals surface area contributed by atoms with Crippen LogP contribution in [0.25, 0.3) is 27.8 Å². The lowest BCUT2D eigenvalue weighted by Gasteiger charge is -2.33. The minimum absolute atomic E-state index is 0.292. The van der Waals surface area contributed by atoms with Crippen molar-refractivity contribution in [2.75, 3.05) is 18.9 Å². The molecule has 1 atom stereocenters. The summed E-state index contributed by atoms with van der Waals surface area (Å²) in [5.74, 6) is -0.0755. The highest BCUT2D eigenvalue weighted by Gasteiger charge is 2.28. The number of hydrogen-bond acceptors (Lipinski definition) is 8. The molecule has 242 valence electrons. The van der Waals surface area contributed by atoms with E-state index in [-0.39, 0.29) is 12.3 Å². The summed E-state index contributed by atoms with van der Waals surface area (Å²) in [7, 11) is 0. The molecule has 2 fully saturated rings. The molecule has 0 radical (unpaired) electrons. The van der Waals surface area contributed by atoms with Crippen LogP contribution in [-0.2, 0) is 22.6 Å². The summed E-state index contributed by atoms with van der Waals surface area (Å²) in [6, 6.07) is 7.37. The van der Waals surface area contributed by atoms with Crippen LogP contribution in [0.3, 0.4) is 0 Å². The molecule has 5 aromatic rings. The SMILES string of the molecule is CC(C)(C)OC(=O)N(Cc1ccc2nc(Cn3cc(-c4cc(N)cc5c4c(F)nn5C4CCCCO4)nn3)cn2c1)CC1CCC1. The molecule has 1 saturated carbocycles. The fourth-order valence-corrected chi connectivity index (χ4v) is 6.25. The minimum Gasteiger partial charge on any atom is -0.444 e. The Morgan fingerprint density at radius 2 is 1.98 bits per heavy atom. The van der Waals surface area contributed by atoms with E-state index in [0.717, 1.165) is 49.0 Å². The number of anilines is 1. The first-order chi connectivity index (χ1) is 22.1. The summed E-state index contributed by atoms with van der Waals surface area (Å²) in [4.78, 5) is 19.6. The van der Waals surface area contributed by atoms with Gasteiger partial charge in [-0.15, -0.1) is 10.2 Å². The van der Waals surface area contributed by atoms with Gasteiger partial charge in [-0.3, -0.25) is 0 Å². The number of nitrogens with zero attached hydrogens (tertiary/aromatic N) is 8. The normalized spacial score (nSPS) is 17.4. The van der Waals surface area contributed by atoms with E-state index in [1.807, 2.05) is 54.6 Å². The summed E-state index contributed by atoms with van der Waals surface area (Å²) in [6.45, 7) is 7.79. The zero-order valence-corrected chi connectivity index (χ0v) is 26.5. The third kappa shape index (κ3) is 6.28. The molecular weight excluding hydrogens is 589 g/mol. The highest BCUT2D eigenvalue weighted by molar-refractivity contribution is 5.96. The van der Waals surface area contributed by atoms with Gasteiger partial charge in [-0.1, -0.05) is 17.7 Å². The van der Waals surface area contributed by atoms with Gasteiger partial charge in [0, 0.05) is 36.8 Å². The first kappa shape index (κ1) is 30.2. The molecule has 4 aromatic heterocycles. The van der Waals surface area contributed by atoms with Crippen molar-refractivity contribution in [3.63, 3.8) is 0 Å². The molecule has 1 saturated heterocycles. The van der Waals surface area contributed by atoms with E-state index in [9.17, 15) is 4.79 Å². The maximum absolute atomic E-state index is 15.3. The summed E-state index contributed by atoms with van der Waals surface area (Å²) < 4.78 is 32.1. The van der Waals surface area contributed by atoms with Crippen LogP contribution < -0.4 is 5.73 Å². The lowest BCUT2D eigenvalue weighted by molar-refractivity contribution is -0.0375.